The zero-order chi connectivity index (χ0) is 28.6. The first-order chi connectivity index (χ1) is 20.0. The monoisotopic (exact) mass is 549 g/mol. The standard InChI is InChI=1S/C33H31N3O5/c1-40-29-21-26(14-16-28(29)41-22-25-11-6-3-7-12-25)31-30(27(37)15-13-24-9-4-2-5-10-24)32(38)33(39)36(31)19-8-18-35-20-17-34-23-35/h2-7,9-17,20-21,23,31,38H,8,18-19,22H2,1H3/b15-13+. The van der Waals surface area contributed by atoms with E-state index in [1.54, 1.807) is 43.9 Å². The molecule has 1 aliphatic rings. The number of hydrogen-bond donors (Lipinski definition) is 1. The van der Waals surface area contributed by atoms with Gasteiger partial charge in [-0.1, -0.05) is 72.8 Å². The molecule has 208 valence electrons. The van der Waals surface area contributed by atoms with E-state index in [1.165, 1.54) is 11.0 Å². The second kappa shape index (κ2) is 12.8. The van der Waals surface area contributed by atoms with Crippen molar-refractivity contribution in [2.45, 2.75) is 25.6 Å². The molecule has 1 amide bonds. The van der Waals surface area contributed by atoms with Crippen LogP contribution in [-0.2, 0) is 22.7 Å². The number of aryl methyl sites for hydroxylation is 1. The number of amides is 1. The number of aliphatic hydroxyl groups is 1. The number of carbonyl (C=O) groups is 2. The molecular weight excluding hydrogens is 518 g/mol. The van der Waals surface area contributed by atoms with Crippen LogP contribution in [0.4, 0.5) is 0 Å². The molecule has 0 saturated heterocycles. The van der Waals surface area contributed by atoms with Crippen LogP contribution in [0.2, 0.25) is 0 Å². The molecule has 0 aliphatic carbocycles. The zero-order valence-electron chi connectivity index (χ0n) is 22.7. The Bertz CT molecular complexity index is 1550. The highest BCUT2D eigenvalue weighted by Crippen LogP contribution is 2.41. The van der Waals surface area contributed by atoms with Gasteiger partial charge in [0.15, 0.2) is 23.0 Å². The molecule has 3 aromatic carbocycles. The van der Waals surface area contributed by atoms with E-state index in [4.69, 9.17) is 9.47 Å². The second-order valence-corrected chi connectivity index (χ2v) is 9.61. The van der Waals surface area contributed by atoms with Crippen LogP contribution in [-0.4, -0.2) is 44.9 Å². The van der Waals surface area contributed by atoms with E-state index in [-0.39, 0.29) is 5.57 Å². The fourth-order valence-electron chi connectivity index (χ4n) is 4.86. The summed E-state index contributed by atoms with van der Waals surface area (Å²) in [5.74, 6) is -0.572. The van der Waals surface area contributed by atoms with Crippen LogP contribution in [0.3, 0.4) is 0 Å². The van der Waals surface area contributed by atoms with Crippen molar-refractivity contribution in [3.05, 3.63) is 132 Å². The summed E-state index contributed by atoms with van der Waals surface area (Å²) in [5.41, 5.74) is 2.51. The number of ketones is 1. The summed E-state index contributed by atoms with van der Waals surface area (Å²) in [6.07, 6.45) is 8.92. The van der Waals surface area contributed by atoms with Gasteiger partial charge >= 0.3 is 0 Å². The van der Waals surface area contributed by atoms with Crippen LogP contribution in [0.5, 0.6) is 11.5 Å². The van der Waals surface area contributed by atoms with Gasteiger partial charge in [0.1, 0.15) is 6.61 Å². The highest BCUT2D eigenvalue weighted by molar-refractivity contribution is 6.14. The fourth-order valence-corrected chi connectivity index (χ4v) is 4.86. The molecule has 0 bridgehead atoms. The lowest BCUT2D eigenvalue weighted by atomic mass is 9.95. The van der Waals surface area contributed by atoms with Gasteiger partial charge in [-0.2, -0.15) is 0 Å². The summed E-state index contributed by atoms with van der Waals surface area (Å²) in [6, 6.07) is 23.7. The van der Waals surface area contributed by atoms with Crippen LogP contribution < -0.4 is 9.47 Å². The third-order valence-electron chi connectivity index (χ3n) is 6.91. The van der Waals surface area contributed by atoms with Gasteiger partial charge < -0.3 is 24.0 Å². The SMILES string of the molecule is COc1cc(C2C(C(=O)/C=C/c3ccccc3)=C(O)C(=O)N2CCCn2ccnc2)ccc1OCc1ccccc1. The molecule has 0 saturated carbocycles. The van der Waals surface area contributed by atoms with Gasteiger partial charge in [0.05, 0.1) is 25.1 Å². The first-order valence-corrected chi connectivity index (χ1v) is 13.4. The van der Waals surface area contributed by atoms with Gasteiger partial charge in [0.25, 0.3) is 5.91 Å². The van der Waals surface area contributed by atoms with Crippen molar-refractivity contribution in [2.75, 3.05) is 13.7 Å². The number of ether oxygens (including phenoxy) is 2. The van der Waals surface area contributed by atoms with Crippen molar-refractivity contribution in [1.82, 2.24) is 14.5 Å². The summed E-state index contributed by atoms with van der Waals surface area (Å²) in [6.45, 7) is 1.30. The molecule has 1 unspecified atom stereocenters. The lowest BCUT2D eigenvalue weighted by molar-refractivity contribution is -0.129. The van der Waals surface area contributed by atoms with Crippen LogP contribution in [0.25, 0.3) is 6.08 Å². The molecular formula is C33H31N3O5. The van der Waals surface area contributed by atoms with Crippen LogP contribution in [0.1, 0.15) is 29.2 Å². The summed E-state index contributed by atoms with van der Waals surface area (Å²) in [5, 5.41) is 11.0. The van der Waals surface area contributed by atoms with Gasteiger partial charge in [0, 0.05) is 25.5 Å². The Morgan fingerprint density at radius 1 is 1.00 bits per heavy atom. The predicted molar refractivity (Wildman–Crippen MR) is 155 cm³/mol. The molecule has 0 fully saturated rings. The number of methoxy groups -OCH3 is 1. The molecule has 4 aromatic rings. The first-order valence-electron chi connectivity index (χ1n) is 13.4. The molecule has 1 aliphatic heterocycles. The molecule has 41 heavy (non-hydrogen) atoms. The predicted octanol–water partition coefficient (Wildman–Crippen LogP) is 5.54. The van der Waals surface area contributed by atoms with Gasteiger partial charge in [-0.25, -0.2) is 4.98 Å². The molecule has 8 nitrogen and oxygen atoms in total. The minimum Gasteiger partial charge on any atom is -0.503 e. The number of aliphatic hydroxyl groups excluding tert-OH is 1. The summed E-state index contributed by atoms with van der Waals surface area (Å²) in [7, 11) is 1.54. The van der Waals surface area contributed by atoms with E-state index in [0.717, 1.165) is 11.1 Å². The first kappa shape index (κ1) is 27.5. The topological polar surface area (TPSA) is 93.9 Å². The Kier molecular flexibility index (Phi) is 8.59. The van der Waals surface area contributed by atoms with E-state index in [1.807, 2.05) is 71.4 Å². The Morgan fingerprint density at radius 3 is 2.46 bits per heavy atom. The molecule has 1 aromatic heterocycles. The number of benzene rings is 3. The van der Waals surface area contributed by atoms with Gasteiger partial charge in [-0.15, -0.1) is 0 Å². The van der Waals surface area contributed by atoms with Crippen LogP contribution in [0.15, 0.2) is 115 Å². The third kappa shape index (κ3) is 6.38. The second-order valence-electron chi connectivity index (χ2n) is 9.61. The van der Waals surface area contributed by atoms with Crippen molar-refractivity contribution in [3.63, 3.8) is 0 Å². The summed E-state index contributed by atoms with van der Waals surface area (Å²) in [4.78, 5) is 32.4. The Labute approximate surface area is 238 Å². The van der Waals surface area contributed by atoms with Gasteiger partial charge in [0.2, 0.25) is 0 Å². The number of carbonyl (C=O) groups excluding carboxylic acids is 2. The van der Waals surface area contributed by atoms with E-state index >= 15 is 0 Å². The highest BCUT2D eigenvalue weighted by Gasteiger charge is 2.42. The lowest BCUT2D eigenvalue weighted by Crippen LogP contribution is -2.32. The largest absolute Gasteiger partial charge is 0.503 e. The van der Waals surface area contributed by atoms with Crippen molar-refractivity contribution in [1.29, 1.82) is 0 Å². The molecule has 2 heterocycles. The van der Waals surface area contributed by atoms with Crippen LogP contribution in [0, 0.1) is 0 Å². The fraction of sp³-hybridized carbons (Fsp3) is 0.182. The maximum atomic E-state index is 13.5. The van der Waals surface area contributed by atoms with Gasteiger partial charge in [-0.3, -0.25) is 9.59 Å². The minimum atomic E-state index is -0.796. The number of rotatable bonds is 12. The number of nitrogens with zero attached hydrogens (tertiary/aromatic N) is 3. The number of imidazole rings is 1. The highest BCUT2D eigenvalue weighted by atomic mass is 16.5. The number of hydrogen-bond acceptors (Lipinski definition) is 6. The molecule has 1 atom stereocenters. The van der Waals surface area contributed by atoms with Crippen molar-refractivity contribution in [2.24, 2.45) is 0 Å². The molecule has 8 heteroatoms. The number of allylic oxidation sites excluding steroid dienone is 1. The quantitative estimate of drug-likeness (QED) is 0.233. The van der Waals surface area contributed by atoms with Gasteiger partial charge in [-0.05, 0) is 41.3 Å². The molecule has 1 N–H and O–H groups in total. The Morgan fingerprint density at radius 2 is 1.76 bits per heavy atom. The molecule has 0 spiro atoms. The van der Waals surface area contributed by atoms with E-state index < -0.39 is 23.5 Å². The van der Waals surface area contributed by atoms with Crippen molar-refractivity contribution < 1.29 is 24.2 Å². The third-order valence-corrected chi connectivity index (χ3v) is 6.91. The minimum absolute atomic E-state index is 0.0322. The van der Waals surface area contributed by atoms with E-state index in [0.29, 0.717) is 43.2 Å². The average Bonchev–Trinajstić information content (AvgIpc) is 3.62. The smallest absolute Gasteiger partial charge is 0.290 e. The normalized spacial score (nSPS) is 15.1. The Balaban J connectivity index is 1.44. The maximum Gasteiger partial charge on any atom is 0.290 e. The average molecular weight is 550 g/mol. The molecule has 5 rings (SSSR count). The number of aromatic nitrogens is 2. The lowest BCUT2D eigenvalue weighted by Gasteiger charge is -2.27. The maximum absolute atomic E-state index is 13.5. The van der Waals surface area contributed by atoms with Crippen molar-refractivity contribution >= 4 is 17.8 Å². The Hall–Kier alpha value is -5.11. The molecule has 0 radical (unpaired) electrons. The summed E-state index contributed by atoms with van der Waals surface area (Å²) >= 11 is 0. The van der Waals surface area contributed by atoms with Crippen LogP contribution >= 0.6 is 0 Å². The van der Waals surface area contributed by atoms with Crippen molar-refractivity contribution in [3.8, 4) is 11.5 Å². The zero-order valence-corrected chi connectivity index (χ0v) is 22.7. The van der Waals surface area contributed by atoms with E-state index in [9.17, 15) is 14.7 Å². The van der Waals surface area contributed by atoms with E-state index in [2.05, 4.69) is 4.98 Å². The summed E-state index contributed by atoms with van der Waals surface area (Å²) < 4.78 is 13.6.